The molecule has 9 heteroatoms. The highest BCUT2D eigenvalue weighted by Crippen LogP contribution is 2.21. The molecule has 2 rings (SSSR count). The van der Waals surface area contributed by atoms with Crippen molar-refractivity contribution in [3.63, 3.8) is 0 Å². The summed E-state index contributed by atoms with van der Waals surface area (Å²) >= 11 is 5.20. The maximum Gasteiger partial charge on any atom is 0.262 e. The van der Waals surface area contributed by atoms with Crippen LogP contribution in [0.4, 0.5) is 15.8 Å². The molecule has 0 amide bonds. The van der Waals surface area contributed by atoms with E-state index in [1.807, 2.05) is 14.1 Å². The van der Waals surface area contributed by atoms with Gasteiger partial charge in [-0.15, -0.1) is 0 Å². The predicted octanol–water partition coefficient (Wildman–Crippen LogP) is 1.06. The Hall–Kier alpha value is -2.23. The first-order valence-electron chi connectivity index (χ1n) is 7.99. The first kappa shape index (κ1) is 20.1. The fourth-order valence-electron chi connectivity index (χ4n) is 2.09. The Morgan fingerprint density at radius 2 is 1.88 bits per heavy atom. The summed E-state index contributed by atoms with van der Waals surface area (Å²) in [6, 6.07) is 11.8. The van der Waals surface area contributed by atoms with E-state index in [-0.39, 0.29) is 10.6 Å². The van der Waals surface area contributed by atoms with Gasteiger partial charge in [0.1, 0.15) is 5.82 Å². The summed E-state index contributed by atoms with van der Waals surface area (Å²) in [5.74, 6) is -0.640. The van der Waals surface area contributed by atoms with Crippen molar-refractivity contribution in [2.24, 2.45) is 0 Å². The van der Waals surface area contributed by atoms with E-state index in [1.54, 1.807) is 18.2 Å². The van der Waals surface area contributed by atoms with Gasteiger partial charge in [-0.05, 0) is 42.5 Å². The molecule has 26 heavy (non-hydrogen) atoms. The first-order valence-corrected chi connectivity index (χ1v) is 9.88. The fourth-order valence-corrected chi connectivity index (χ4v) is 3.42. The predicted molar refractivity (Wildman–Crippen MR) is 106 cm³/mol. The number of thiocarbonyl (C=S) groups is 1. The van der Waals surface area contributed by atoms with Gasteiger partial charge in [0.15, 0.2) is 5.11 Å². The zero-order chi connectivity index (χ0) is 19.2. The number of benzene rings is 2. The van der Waals surface area contributed by atoms with Crippen molar-refractivity contribution in [3.8, 4) is 0 Å². The number of hydrogen-bond donors (Lipinski definition) is 4. The van der Waals surface area contributed by atoms with Gasteiger partial charge in [-0.3, -0.25) is 4.72 Å². The third kappa shape index (κ3) is 5.94. The van der Waals surface area contributed by atoms with E-state index < -0.39 is 15.8 Å². The number of hydrogen-bond acceptors (Lipinski definition) is 3. The molecule has 0 aliphatic carbocycles. The molecule has 2 aromatic rings. The topological polar surface area (TPSA) is 74.7 Å². The minimum atomic E-state index is -3.92. The smallest absolute Gasteiger partial charge is 0.262 e. The molecule has 0 spiro atoms. The summed E-state index contributed by atoms with van der Waals surface area (Å²) in [5, 5.41) is 6.41. The lowest BCUT2D eigenvalue weighted by atomic mass is 10.3. The van der Waals surface area contributed by atoms with Crippen molar-refractivity contribution >= 4 is 38.7 Å². The van der Waals surface area contributed by atoms with Crippen molar-refractivity contribution in [1.29, 1.82) is 0 Å². The van der Waals surface area contributed by atoms with Crippen LogP contribution in [0.3, 0.4) is 0 Å². The molecule has 0 aliphatic heterocycles. The van der Waals surface area contributed by atoms with Crippen molar-refractivity contribution in [3.05, 3.63) is 54.3 Å². The monoisotopic (exact) mass is 397 g/mol. The lowest BCUT2D eigenvalue weighted by Gasteiger charge is -2.13. The molecule has 0 bridgehead atoms. The standard InChI is InChI=1S/C17H21FN4O2S2/c1-22(2)11-10-19-17(25)20-13-6-5-7-14(12-13)26(23,24)21-16-9-4-3-8-15(16)18/h3-9,12,21H,10-11H2,1-2H3,(H2,19,20,25)/p+1. The van der Waals surface area contributed by atoms with E-state index in [2.05, 4.69) is 15.4 Å². The van der Waals surface area contributed by atoms with Crippen LogP contribution in [-0.2, 0) is 10.0 Å². The molecule has 4 N–H and O–H groups in total. The first-order chi connectivity index (χ1) is 12.3. The van der Waals surface area contributed by atoms with Crippen molar-refractivity contribution in [1.82, 2.24) is 5.32 Å². The van der Waals surface area contributed by atoms with Gasteiger partial charge in [0.05, 0.1) is 37.8 Å². The van der Waals surface area contributed by atoms with Crippen molar-refractivity contribution < 1.29 is 17.7 Å². The van der Waals surface area contributed by atoms with Gasteiger partial charge in [-0.25, -0.2) is 12.8 Å². The normalized spacial score (nSPS) is 11.2. The molecule has 0 unspecified atom stereocenters. The Morgan fingerprint density at radius 3 is 2.58 bits per heavy atom. The lowest BCUT2D eigenvalue weighted by molar-refractivity contribution is -0.856. The molecule has 0 saturated heterocycles. The number of quaternary nitrogens is 1. The highest BCUT2D eigenvalue weighted by atomic mass is 32.2. The Bertz CT molecular complexity index is 873. The van der Waals surface area contributed by atoms with E-state index >= 15 is 0 Å². The summed E-state index contributed by atoms with van der Waals surface area (Å²) < 4.78 is 40.9. The van der Waals surface area contributed by atoms with Crippen LogP contribution < -0.4 is 20.3 Å². The minimum Gasteiger partial charge on any atom is -0.357 e. The quantitative estimate of drug-likeness (QED) is 0.526. The highest BCUT2D eigenvalue weighted by Gasteiger charge is 2.16. The SMILES string of the molecule is C[NH+](C)CCNC(=S)Nc1cccc(S(=O)(=O)Nc2ccccc2F)c1. The van der Waals surface area contributed by atoms with Crippen LogP contribution in [0, 0.1) is 5.82 Å². The molecule has 0 atom stereocenters. The average molecular weight is 398 g/mol. The molecule has 140 valence electrons. The summed E-state index contributed by atoms with van der Waals surface area (Å²) in [4.78, 5) is 1.29. The van der Waals surface area contributed by atoms with Crippen LogP contribution in [0.2, 0.25) is 0 Å². The lowest BCUT2D eigenvalue weighted by Crippen LogP contribution is -3.06. The van der Waals surface area contributed by atoms with Gasteiger partial charge >= 0.3 is 0 Å². The van der Waals surface area contributed by atoms with E-state index in [4.69, 9.17) is 12.2 Å². The Labute approximate surface area is 158 Å². The Kier molecular flexibility index (Phi) is 6.90. The fraction of sp³-hybridized carbons (Fsp3) is 0.235. The number of halogens is 1. The van der Waals surface area contributed by atoms with E-state index in [0.717, 1.165) is 6.54 Å². The maximum absolute atomic E-state index is 13.7. The van der Waals surface area contributed by atoms with E-state index in [1.165, 1.54) is 35.2 Å². The number of likely N-dealkylation sites (N-methyl/N-ethyl adjacent to an activating group) is 1. The number of nitrogens with one attached hydrogen (secondary N) is 4. The summed E-state index contributed by atoms with van der Waals surface area (Å²) in [7, 11) is 0.154. The second-order valence-corrected chi connectivity index (χ2v) is 8.04. The Morgan fingerprint density at radius 1 is 1.15 bits per heavy atom. The highest BCUT2D eigenvalue weighted by molar-refractivity contribution is 7.92. The van der Waals surface area contributed by atoms with Crippen molar-refractivity contribution in [2.45, 2.75) is 4.90 Å². The van der Waals surface area contributed by atoms with Crippen LogP contribution in [-0.4, -0.2) is 40.7 Å². The third-order valence-electron chi connectivity index (χ3n) is 3.43. The molecule has 6 nitrogen and oxygen atoms in total. The van der Waals surface area contributed by atoms with Crippen molar-refractivity contribution in [2.75, 3.05) is 37.2 Å². The van der Waals surface area contributed by atoms with Gasteiger partial charge in [0.2, 0.25) is 0 Å². The summed E-state index contributed by atoms with van der Waals surface area (Å²) in [5.41, 5.74) is 0.422. The summed E-state index contributed by atoms with van der Waals surface area (Å²) in [6.45, 7) is 1.59. The van der Waals surface area contributed by atoms with Gasteiger partial charge in [0.25, 0.3) is 10.0 Å². The third-order valence-corrected chi connectivity index (χ3v) is 5.04. The molecule has 0 saturated carbocycles. The summed E-state index contributed by atoms with van der Waals surface area (Å²) in [6.07, 6.45) is 0. The van der Waals surface area contributed by atoms with Crippen LogP contribution in [0.25, 0.3) is 0 Å². The molecule has 0 aromatic heterocycles. The average Bonchev–Trinajstić information content (AvgIpc) is 2.57. The molecular formula is C17H22FN4O2S2+. The number of rotatable bonds is 7. The maximum atomic E-state index is 13.7. The van der Waals surface area contributed by atoms with Crippen LogP contribution in [0.5, 0.6) is 0 Å². The van der Waals surface area contributed by atoms with E-state index in [9.17, 15) is 12.8 Å². The van der Waals surface area contributed by atoms with Crippen LogP contribution in [0.15, 0.2) is 53.4 Å². The molecule has 0 heterocycles. The molecule has 2 aromatic carbocycles. The second-order valence-electron chi connectivity index (χ2n) is 5.95. The molecule has 0 aliphatic rings. The zero-order valence-electron chi connectivity index (χ0n) is 14.5. The van der Waals surface area contributed by atoms with Gasteiger partial charge in [-0.2, -0.15) is 0 Å². The largest absolute Gasteiger partial charge is 0.357 e. The molecule has 0 fully saturated rings. The van der Waals surface area contributed by atoms with Gasteiger partial charge in [-0.1, -0.05) is 18.2 Å². The Balaban J connectivity index is 2.08. The van der Waals surface area contributed by atoms with E-state index in [0.29, 0.717) is 17.3 Å². The zero-order valence-corrected chi connectivity index (χ0v) is 16.2. The molecule has 0 radical (unpaired) electrons. The van der Waals surface area contributed by atoms with Crippen LogP contribution >= 0.6 is 12.2 Å². The molecular weight excluding hydrogens is 375 g/mol. The second kappa shape index (κ2) is 8.93. The number of para-hydroxylation sites is 1. The minimum absolute atomic E-state index is 0.00582. The van der Waals surface area contributed by atoms with Crippen LogP contribution in [0.1, 0.15) is 0 Å². The number of anilines is 2. The van der Waals surface area contributed by atoms with Gasteiger partial charge in [0, 0.05) is 5.69 Å². The van der Waals surface area contributed by atoms with Gasteiger partial charge < -0.3 is 15.5 Å². The number of sulfonamides is 1.